The summed E-state index contributed by atoms with van der Waals surface area (Å²) in [4.78, 5) is 24.8. The van der Waals surface area contributed by atoms with Gasteiger partial charge in [0.2, 0.25) is 0 Å². The summed E-state index contributed by atoms with van der Waals surface area (Å²) in [7, 11) is 0. The molecule has 3 N–H and O–H groups in total. The maximum absolute atomic E-state index is 12.5. The number of hydrazine groups is 1. The van der Waals surface area contributed by atoms with Crippen molar-refractivity contribution in [2.75, 3.05) is 6.61 Å². The second-order valence-electron chi connectivity index (χ2n) is 7.96. The minimum Gasteiger partial charge on any atom is -0.492 e. The number of unbranched alkanes of at least 4 members (excludes halogenated alkanes) is 3. The molecule has 0 aliphatic rings. The summed E-state index contributed by atoms with van der Waals surface area (Å²) in [6.45, 7) is 8.40. The van der Waals surface area contributed by atoms with E-state index in [1.54, 1.807) is 25.1 Å². The molecule has 0 aliphatic heterocycles. The van der Waals surface area contributed by atoms with Crippen LogP contribution in [-0.2, 0) is 4.79 Å². The van der Waals surface area contributed by atoms with Crippen LogP contribution in [0, 0.1) is 13.8 Å². The largest absolute Gasteiger partial charge is 0.492 e. The highest BCUT2D eigenvalue weighted by Gasteiger charge is 2.16. The summed E-state index contributed by atoms with van der Waals surface area (Å²) < 4.78 is 12.1. The molecule has 184 valence electrons. The first-order valence-electron chi connectivity index (χ1n) is 11.3. The number of hydrogen-bond acceptors (Lipinski definition) is 5. The molecule has 0 heterocycles. The lowest BCUT2D eigenvalue weighted by Gasteiger charge is -2.17. The molecule has 2 rings (SSSR count). The van der Waals surface area contributed by atoms with Crippen LogP contribution in [0.5, 0.6) is 11.5 Å². The van der Waals surface area contributed by atoms with Gasteiger partial charge in [0, 0.05) is 5.56 Å². The number of benzene rings is 2. The summed E-state index contributed by atoms with van der Waals surface area (Å²) in [6.07, 6.45) is 3.72. The zero-order valence-corrected chi connectivity index (χ0v) is 22.4. The molecule has 2 amide bonds. The van der Waals surface area contributed by atoms with Crippen LogP contribution >= 0.6 is 28.1 Å². The first-order valence-corrected chi connectivity index (χ1v) is 12.5. The van der Waals surface area contributed by atoms with Gasteiger partial charge in [0.15, 0.2) is 11.2 Å². The van der Waals surface area contributed by atoms with Crippen LogP contribution in [0.4, 0.5) is 0 Å². The third-order valence-electron chi connectivity index (χ3n) is 5.14. The normalized spacial score (nSPS) is 11.3. The molecule has 2 aromatic carbocycles. The topological polar surface area (TPSA) is 88.7 Å². The molecule has 0 saturated heterocycles. The monoisotopic (exact) mass is 549 g/mol. The smallest absolute Gasteiger partial charge is 0.279 e. The fourth-order valence-corrected chi connectivity index (χ4v) is 3.58. The van der Waals surface area contributed by atoms with Gasteiger partial charge >= 0.3 is 0 Å². The maximum atomic E-state index is 12.5. The van der Waals surface area contributed by atoms with Crippen molar-refractivity contribution in [2.45, 2.75) is 59.5 Å². The van der Waals surface area contributed by atoms with E-state index in [1.165, 1.54) is 12.8 Å². The molecule has 9 heteroatoms. The average Bonchev–Trinajstić information content (AvgIpc) is 2.80. The van der Waals surface area contributed by atoms with Crippen LogP contribution in [0.1, 0.15) is 61.0 Å². The van der Waals surface area contributed by atoms with Gasteiger partial charge in [-0.3, -0.25) is 25.8 Å². The number of carbonyl (C=O) groups excluding carboxylic acids is 2. The Hall–Kier alpha value is -2.65. The standard InChI is InChI=1S/C25H32BrN3O4S/c1-5-6-7-8-13-32-22-12-10-19(15-21(22)26)24(31)27-25(34)29-28-23(30)18(4)33-20-11-9-16(2)17(3)14-20/h9-12,14-15,18H,5-8,13H2,1-4H3,(H,28,30)(H2,27,29,31,34). The third-order valence-corrected chi connectivity index (χ3v) is 5.96. The van der Waals surface area contributed by atoms with E-state index in [-0.39, 0.29) is 5.11 Å². The van der Waals surface area contributed by atoms with E-state index >= 15 is 0 Å². The molecule has 0 fully saturated rings. The van der Waals surface area contributed by atoms with Crippen molar-refractivity contribution in [2.24, 2.45) is 0 Å². The number of hydrogen-bond donors (Lipinski definition) is 3. The van der Waals surface area contributed by atoms with Gasteiger partial charge in [0.25, 0.3) is 11.8 Å². The first-order chi connectivity index (χ1) is 16.2. The van der Waals surface area contributed by atoms with Gasteiger partial charge in [-0.1, -0.05) is 32.3 Å². The molecule has 0 aromatic heterocycles. The Morgan fingerprint density at radius 2 is 1.79 bits per heavy atom. The quantitative estimate of drug-likeness (QED) is 0.216. The van der Waals surface area contributed by atoms with Crippen molar-refractivity contribution >= 4 is 45.1 Å². The second kappa shape index (κ2) is 13.9. The predicted molar refractivity (Wildman–Crippen MR) is 141 cm³/mol. The molecule has 1 unspecified atom stereocenters. The zero-order valence-electron chi connectivity index (χ0n) is 20.0. The lowest BCUT2D eigenvalue weighted by Crippen LogP contribution is -2.51. The lowest BCUT2D eigenvalue weighted by atomic mass is 10.1. The molecule has 1 atom stereocenters. The van der Waals surface area contributed by atoms with Crippen LogP contribution < -0.4 is 25.6 Å². The van der Waals surface area contributed by atoms with Gasteiger partial charge in [0.05, 0.1) is 11.1 Å². The van der Waals surface area contributed by atoms with E-state index in [2.05, 4.69) is 39.0 Å². The van der Waals surface area contributed by atoms with E-state index in [0.717, 1.165) is 24.0 Å². The fraction of sp³-hybridized carbons (Fsp3) is 0.400. The number of nitrogens with one attached hydrogen (secondary N) is 3. The van der Waals surface area contributed by atoms with Crippen molar-refractivity contribution in [1.82, 2.24) is 16.2 Å². The summed E-state index contributed by atoms with van der Waals surface area (Å²) in [5.41, 5.74) is 7.58. The minimum atomic E-state index is -0.765. The van der Waals surface area contributed by atoms with Crippen molar-refractivity contribution in [1.29, 1.82) is 0 Å². The molecule has 34 heavy (non-hydrogen) atoms. The number of thiocarbonyl (C=S) groups is 1. The molecular formula is C25H32BrN3O4S. The highest BCUT2D eigenvalue weighted by Crippen LogP contribution is 2.26. The zero-order chi connectivity index (χ0) is 25.1. The number of carbonyl (C=O) groups is 2. The number of halogens is 1. The van der Waals surface area contributed by atoms with Gasteiger partial charge in [-0.15, -0.1) is 0 Å². The van der Waals surface area contributed by atoms with Gasteiger partial charge in [-0.25, -0.2) is 0 Å². The Bertz CT molecular complexity index is 1020. The molecule has 0 radical (unpaired) electrons. The molecule has 0 bridgehead atoms. The van der Waals surface area contributed by atoms with Gasteiger partial charge in [-0.05, 0) is 96.8 Å². The SMILES string of the molecule is CCCCCCOc1ccc(C(=O)NC(=S)NNC(=O)C(C)Oc2ccc(C)c(C)c2)cc1Br. The van der Waals surface area contributed by atoms with Crippen LogP contribution in [0.2, 0.25) is 0 Å². The fourth-order valence-electron chi connectivity index (χ4n) is 2.94. The van der Waals surface area contributed by atoms with Crippen LogP contribution in [-0.4, -0.2) is 29.6 Å². The van der Waals surface area contributed by atoms with Crippen molar-refractivity contribution in [3.63, 3.8) is 0 Å². The highest BCUT2D eigenvalue weighted by atomic mass is 79.9. The van der Waals surface area contributed by atoms with E-state index in [0.29, 0.717) is 28.1 Å². The van der Waals surface area contributed by atoms with Crippen LogP contribution in [0.15, 0.2) is 40.9 Å². The number of aryl methyl sites for hydroxylation is 2. The maximum Gasteiger partial charge on any atom is 0.279 e. The van der Waals surface area contributed by atoms with E-state index < -0.39 is 17.9 Å². The number of rotatable bonds is 10. The Labute approximate surface area is 215 Å². The van der Waals surface area contributed by atoms with Crippen molar-refractivity contribution in [3.8, 4) is 11.5 Å². The summed E-state index contributed by atoms with van der Waals surface area (Å²) >= 11 is 8.55. The van der Waals surface area contributed by atoms with Gasteiger partial charge in [-0.2, -0.15) is 0 Å². The predicted octanol–water partition coefficient (Wildman–Crippen LogP) is 5.13. The second-order valence-corrected chi connectivity index (χ2v) is 9.22. The Morgan fingerprint density at radius 3 is 2.47 bits per heavy atom. The third kappa shape index (κ3) is 8.95. The first kappa shape index (κ1) is 27.6. The molecule has 0 aliphatic carbocycles. The highest BCUT2D eigenvalue weighted by molar-refractivity contribution is 9.10. The van der Waals surface area contributed by atoms with Crippen LogP contribution in [0.3, 0.4) is 0 Å². The summed E-state index contributed by atoms with van der Waals surface area (Å²) in [5.74, 6) is 0.429. The Balaban J connectivity index is 1.79. The molecule has 2 aromatic rings. The summed E-state index contributed by atoms with van der Waals surface area (Å²) in [5, 5.41) is 2.49. The number of ether oxygens (including phenoxy) is 2. The molecule has 0 spiro atoms. The van der Waals surface area contributed by atoms with Crippen molar-refractivity contribution in [3.05, 3.63) is 57.6 Å². The Kier molecular flexibility index (Phi) is 11.3. The molecular weight excluding hydrogens is 518 g/mol. The molecule has 7 nitrogen and oxygen atoms in total. The lowest BCUT2D eigenvalue weighted by molar-refractivity contribution is -0.127. The van der Waals surface area contributed by atoms with Gasteiger partial charge in [0.1, 0.15) is 11.5 Å². The van der Waals surface area contributed by atoms with E-state index in [1.807, 2.05) is 32.0 Å². The number of amides is 2. The Morgan fingerprint density at radius 1 is 1.03 bits per heavy atom. The van der Waals surface area contributed by atoms with Crippen LogP contribution in [0.25, 0.3) is 0 Å². The average molecular weight is 551 g/mol. The minimum absolute atomic E-state index is 0.0379. The van der Waals surface area contributed by atoms with E-state index in [9.17, 15) is 9.59 Å². The van der Waals surface area contributed by atoms with Crippen molar-refractivity contribution < 1.29 is 19.1 Å². The van der Waals surface area contributed by atoms with E-state index in [4.69, 9.17) is 21.7 Å². The van der Waals surface area contributed by atoms with Gasteiger partial charge < -0.3 is 9.47 Å². The molecule has 0 saturated carbocycles. The summed E-state index contributed by atoms with van der Waals surface area (Å²) in [6, 6.07) is 10.7.